The van der Waals surface area contributed by atoms with E-state index in [4.69, 9.17) is 80.4 Å². The van der Waals surface area contributed by atoms with Crippen LogP contribution in [-0.2, 0) is 14.3 Å². The maximum Gasteiger partial charge on any atom is 0.358 e. The summed E-state index contributed by atoms with van der Waals surface area (Å²) in [6, 6.07) is 0.333. The van der Waals surface area contributed by atoms with Gasteiger partial charge in [-0.15, -0.1) is 0 Å². The minimum absolute atomic E-state index is 0.261. The van der Waals surface area contributed by atoms with E-state index in [9.17, 15) is 9.59 Å². The summed E-state index contributed by atoms with van der Waals surface area (Å²) in [5.74, 6) is -2.30. The molecule has 128 valence electrons. The van der Waals surface area contributed by atoms with Crippen molar-refractivity contribution in [2.24, 2.45) is 5.73 Å². The lowest BCUT2D eigenvalue weighted by Gasteiger charge is -2.12. The van der Waals surface area contributed by atoms with Gasteiger partial charge in [-0.2, -0.15) is 0 Å². The number of ether oxygens (including phenoxy) is 1. The summed E-state index contributed by atoms with van der Waals surface area (Å²) >= 11 is 30.0. The Balaban J connectivity index is -0.000000256. The van der Waals surface area contributed by atoms with Crippen LogP contribution in [0.5, 0.6) is 0 Å². The summed E-state index contributed by atoms with van der Waals surface area (Å²) in [6.07, 6.45) is -0.261. The van der Waals surface area contributed by atoms with E-state index in [2.05, 4.69) is 4.74 Å². The van der Waals surface area contributed by atoms with Crippen LogP contribution in [-0.4, -0.2) is 36.8 Å². The summed E-state index contributed by atoms with van der Waals surface area (Å²) in [5, 5.41) is 7.85. The molecule has 0 aromatic carbocycles. The summed E-state index contributed by atoms with van der Waals surface area (Å²) in [7, 11) is 0. The molecule has 0 bridgehead atoms. The van der Waals surface area contributed by atoms with E-state index < -0.39 is 19.5 Å². The zero-order valence-corrected chi connectivity index (χ0v) is 16.2. The van der Waals surface area contributed by atoms with Gasteiger partial charge in [0.15, 0.2) is 0 Å². The number of esters is 1. The summed E-state index contributed by atoms with van der Waals surface area (Å²) in [5.41, 5.74) is 5.11. The van der Waals surface area contributed by atoms with Gasteiger partial charge < -0.3 is 15.6 Å². The molecule has 0 amide bonds. The lowest BCUT2D eigenvalue weighted by molar-refractivity contribution is -0.146. The van der Waals surface area contributed by atoms with E-state index in [0.717, 1.165) is 0 Å². The van der Waals surface area contributed by atoms with Gasteiger partial charge in [-0.25, -0.2) is 9.59 Å². The molecule has 3 N–H and O–H groups in total. The van der Waals surface area contributed by atoms with Crippen LogP contribution in [0.4, 0.5) is 0 Å². The van der Waals surface area contributed by atoms with Crippen LogP contribution in [0.25, 0.3) is 0 Å². The van der Waals surface area contributed by atoms with Gasteiger partial charge in [-0.05, 0) is 19.9 Å². The summed E-state index contributed by atoms with van der Waals surface area (Å²) in [4.78, 5) is 20.3. The first-order chi connectivity index (χ1) is 9.01. The molecule has 0 unspecified atom stereocenters. The van der Waals surface area contributed by atoms with Gasteiger partial charge in [-0.3, -0.25) is 0 Å². The molecular weight excluding hydrogens is 411 g/mol. The van der Waals surface area contributed by atoms with Crippen molar-refractivity contribution in [3.05, 3.63) is 0 Å². The number of rotatable bonds is 1. The first-order valence-electron chi connectivity index (χ1n) is 5.35. The second-order valence-corrected chi connectivity index (χ2v) is 8.56. The minimum Gasteiger partial charge on any atom is -0.478 e. The van der Waals surface area contributed by atoms with Crippen LogP contribution in [0.2, 0.25) is 0 Å². The standard InChI is InChI=1S/C5H7Cl3O2.C3H9N.C2HCl3O2/c1-3(2)10-4(9)5(6,7)8;1-3(2)4;3-2(4,5)1(6)7/h3H,1-2H3;3H,4H2,1-2H3;(H,6,7). The average Bonchev–Trinajstić information content (AvgIpc) is 2.12. The lowest BCUT2D eigenvalue weighted by Crippen LogP contribution is -2.24. The highest BCUT2D eigenvalue weighted by molar-refractivity contribution is 6.76. The number of hydrogen-bond donors (Lipinski definition) is 2. The van der Waals surface area contributed by atoms with E-state index in [1.807, 2.05) is 13.8 Å². The zero-order chi connectivity index (χ0) is 18.0. The number of carboxylic acid groups (broad SMARTS) is 1. The Morgan fingerprint density at radius 1 is 0.952 bits per heavy atom. The molecule has 0 fully saturated rings. The molecule has 0 rings (SSSR count). The molecule has 0 saturated heterocycles. The van der Waals surface area contributed by atoms with E-state index in [1.54, 1.807) is 13.8 Å². The van der Waals surface area contributed by atoms with E-state index in [0.29, 0.717) is 6.04 Å². The topological polar surface area (TPSA) is 89.6 Å². The molecule has 0 atom stereocenters. The molecule has 0 heterocycles. The highest BCUT2D eigenvalue weighted by Gasteiger charge is 2.33. The maximum absolute atomic E-state index is 10.7. The van der Waals surface area contributed by atoms with Crippen molar-refractivity contribution in [3.8, 4) is 0 Å². The Morgan fingerprint density at radius 2 is 1.19 bits per heavy atom. The summed E-state index contributed by atoms with van der Waals surface area (Å²) < 4.78 is 0.459. The number of halogens is 6. The fraction of sp³-hybridized carbons (Fsp3) is 0.800. The molecule has 0 aromatic heterocycles. The Morgan fingerprint density at radius 3 is 1.24 bits per heavy atom. The predicted molar refractivity (Wildman–Crippen MR) is 88.8 cm³/mol. The molecule has 21 heavy (non-hydrogen) atoms. The molecule has 0 spiro atoms. The summed E-state index contributed by atoms with van der Waals surface area (Å²) in [6.45, 7) is 7.24. The van der Waals surface area contributed by atoms with Gasteiger partial charge in [0.25, 0.3) is 7.59 Å². The van der Waals surface area contributed by atoms with Gasteiger partial charge in [0, 0.05) is 0 Å². The number of hydrogen-bond acceptors (Lipinski definition) is 4. The molecular formula is C10H17Cl6NO4. The number of alkyl halides is 6. The third-order valence-corrected chi connectivity index (χ3v) is 1.76. The van der Waals surface area contributed by atoms with Crippen molar-refractivity contribution < 1.29 is 19.4 Å². The Bertz CT molecular complexity index is 309. The molecule has 0 aliphatic carbocycles. The van der Waals surface area contributed by atoms with E-state index in [1.165, 1.54) is 0 Å². The average molecular weight is 428 g/mol. The fourth-order valence-corrected chi connectivity index (χ4v) is 0.415. The fourth-order valence-electron chi connectivity index (χ4n) is 0.281. The Labute approximate surface area is 153 Å². The van der Waals surface area contributed by atoms with Crippen molar-refractivity contribution in [1.29, 1.82) is 0 Å². The zero-order valence-electron chi connectivity index (χ0n) is 11.7. The number of carboxylic acids is 1. The van der Waals surface area contributed by atoms with Crippen LogP contribution in [0.3, 0.4) is 0 Å². The third-order valence-electron chi connectivity index (χ3n) is 0.817. The largest absolute Gasteiger partial charge is 0.478 e. The minimum atomic E-state index is -2.17. The van der Waals surface area contributed by atoms with Crippen LogP contribution >= 0.6 is 69.6 Å². The number of carbonyl (C=O) groups is 2. The SMILES string of the molecule is CC(C)N.CC(C)OC(=O)C(Cl)(Cl)Cl.O=C(O)C(Cl)(Cl)Cl. The number of nitrogens with two attached hydrogens (primary N) is 1. The quantitative estimate of drug-likeness (QED) is 0.485. The Kier molecular flexibility index (Phi) is 15.3. The van der Waals surface area contributed by atoms with Crippen LogP contribution in [0, 0.1) is 0 Å². The number of carbonyl (C=O) groups excluding carboxylic acids is 1. The molecule has 0 saturated carbocycles. The van der Waals surface area contributed by atoms with E-state index in [-0.39, 0.29) is 6.10 Å². The Hall–Kier alpha value is 0.640. The molecule has 0 radical (unpaired) electrons. The third kappa shape index (κ3) is 25.9. The predicted octanol–water partition coefficient (Wildman–Crippen LogP) is 4.10. The van der Waals surface area contributed by atoms with E-state index >= 15 is 0 Å². The molecule has 0 aliphatic heterocycles. The second-order valence-electron chi connectivity index (χ2n) is 4.00. The van der Waals surface area contributed by atoms with Crippen molar-refractivity contribution in [2.45, 2.75) is 47.4 Å². The van der Waals surface area contributed by atoms with Crippen molar-refractivity contribution in [3.63, 3.8) is 0 Å². The smallest absolute Gasteiger partial charge is 0.358 e. The highest BCUT2D eigenvalue weighted by atomic mass is 35.6. The van der Waals surface area contributed by atoms with Crippen LogP contribution in [0.1, 0.15) is 27.7 Å². The van der Waals surface area contributed by atoms with Gasteiger partial charge in [0.05, 0.1) is 6.10 Å². The lowest BCUT2D eigenvalue weighted by atomic mass is 10.5. The first kappa shape index (κ1) is 26.5. The van der Waals surface area contributed by atoms with Gasteiger partial charge in [0.2, 0.25) is 0 Å². The molecule has 11 heteroatoms. The van der Waals surface area contributed by atoms with Crippen molar-refractivity contribution >= 4 is 81.5 Å². The van der Waals surface area contributed by atoms with Crippen LogP contribution in [0.15, 0.2) is 0 Å². The molecule has 0 aliphatic rings. The van der Waals surface area contributed by atoms with Crippen LogP contribution < -0.4 is 5.73 Å². The number of aliphatic carboxylic acids is 1. The highest BCUT2D eigenvalue weighted by Crippen LogP contribution is 2.27. The monoisotopic (exact) mass is 425 g/mol. The second kappa shape index (κ2) is 12.1. The van der Waals surface area contributed by atoms with Gasteiger partial charge >= 0.3 is 11.9 Å². The molecule has 5 nitrogen and oxygen atoms in total. The normalized spacial score (nSPS) is 11.1. The van der Waals surface area contributed by atoms with Crippen molar-refractivity contribution in [2.75, 3.05) is 0 Å². The van der Waals surface area contributed by atoms with Gasteiger partial charge in [0.1, 0.15) is 0 Å². The molecule has 0 aromatic rings. The first-order valence-corrected chi connectivity index (χ1v) is 7.62. The maximum atomic E-state index is 10.7. The van der Waals surface area contributed by atoms with Gasteiger partial charge in [-0.1, -0.05) is 83.5 Å². The van der Waals surface area contributed by atoms with Crippen molar-refractivity contribution in [1.82, 2.24) is 0 Å².